The van der Waals surface area contributed by atoms with Gasteiger partial charge in [0.15, 0.2) is 0 Å². The molecule has 0 aromatic carbocycles. The number of hydrogen-bond donors (Lipinski definition) is 0. The molecule has 4 nitrogen and oxygen atoms in total. The molecule has 1 unspecified atom stereocenters. The standard InChI is InChI=1S/C9H10ClN3OS/c1-2-15(14,13-7-11)6-8-3-4-9(10)12-5-8/h3-5H,2,6H2,1H3. The predicted molar refractivity (Wildman–Crippen MR) is 59.7 cm³/mol. The molecule has 0 amide bonds. The molecule has 0 aliphatic carbocycles. The molecule has 0 spiro atoms. The van der Waals surface area contributed by atoms with Gasteiger partial charge in [-0.25, -0.2) is 9.19 Å². The van der Waals surface area contributed by atoms with Crippen molar-refractivity contribution in [1.82, 2.24) is 4.98 Å². The Kier molecular flexibility index (Phi) is 4.06. The quantitative estimate of drug-likeness (QED) is 0.604. The van der Waals surface area contributed by atoms with Gasteiger partial charge in [0.25, 0.3) is 0 Å². The van der Waals surface area contributed by atoms with E-state index < -0.39 is 9.73 Å². The fraction of sp³-hybridized carbons (Fsp3) is 0.333. The van der Waals surface area contributed by atoms with Crippen LogP contribution in [-0.4, -0.2) is 14.9 Å². The number of nitrogens with zero attached hydrogens (tertiary/aromatic N) is 3. The zero-order valence-corrected chi connectivity index (χ0v) is 9.75. The van der Waals surface area contributed by atoms with E-state index in [1.807, 2.05) is 0 Å². The highest BCUT2D eigenvalue weighted by atomic mass is 35.5. The Morgan fingerprint density at radius 3 is 2.87 bits per heavy atom. The van der Waals surface area contributed by atoms with Gasteiger partial charge in [-0.2, -0.15) is 5.26 Å². The molecule has 0 fully saturated rings. The molecular weight excluding hydrogens is 234 g/mol. The van der Waals surface area contributed by atoms with Gasteiger partial charge in [0.05, 0.1) is 15.5 Å². The summed E-state index contributed by atoms with van der Waals surface area (Å²) in [6.45, 7) is 1.74. The first-order chi connectivity index (χ1) is 7.09. The summed E-state index contributed by atoms with van der Waals surface area (Å²) in [6.07, 6.45) is 3.14. The van der Waals surface area contributed by atoms with E-state index in [1.54, 1.807) is 31.4 Å². The minimum atomic E-state index is -2.46. The van der Waals surface area contributed by atoms with Crippen LogP contribution in [0.4, 0.5) is 0 Å². The third-order valence-corrected chi connectivity index (χ3v) is 4.16. The fourth-order valence-corrected chi connectivity index (χ4v) is 2.38. The average Bonchev–Trinajstić information content (AvgIpc) is 2.22. The molecule has 1 aromatic heterocycles. The molecule has 0 radical (unpaired) electrons. The van der Waals surface area contributed by atoms with E-state index in [0.29, 0.717) is 10.9 Å². The highest BCUT2D eigenvalue weighted by molar-refractivity contribution is 7.92. The van der Waals surface area contributed by atoms with Crippen molar-refractivity contribution >= 4 is 21.3 Å². The van der Waals surface area contributed by atoms with Crippen LogP contribution in [0.2, 0.25) is 5.15 Å². The van der Waals surface area contributed by atoms with Gasteiger partial charge in [-0.1, -0.05) is 24.6 Å². The molecule has 0 N–H and O–H groups in total. The van der Waals surface area contributed by atoms with Gasteiger partial charge in [-0.05, 0) is 11.6 Å². The maximum Gasteiger partial charge on any atom is 0.214 e. The second-order valence-corrected chi connectivity index (χ2v) is 5.87. The van der Waals surface area contributed by atoms with Crippen molar-refractivity contribution in [3.63, 3.8) is 0 Å². The molecule has 1 atom stereocenters. The highest BCUT2D eigenvalue weighted by Gasteiger charge is 2.08. The molecular formula is C9H10ClN3OS. The zero-order chi connectivity index (χ0) is 11.3. The number of hydrogen-bond acceptors (Lipinski definition) is 4. The molecule has 1 rings (SSSR count). The largest absolute Gasteiger partial charge is 0.248 e. The van der Waals surface area contributed by atoms with Crippen molar-refractivity contribution in [2.75, 3.05) is 5.75 Å². The van der Waals surface area contributed by atoms with Crippen molar-refractivity contribution < 1.29 is 4.21 Å². The van der Waals surface area contributed by atoms with Crippen molar-refractivity contribution in [2.24, 2.45) is 4.36 Å². The number of aromatic nitrogens is 1. The van der Waals surface area contributed by atoms with Gasteiger partial charge >= 0.3 is 0 Å². The summed E-state index contributed by atoms with van der Waals surface area (Å²) in [7, 11) is -2.46. The Bertz CT molecular complexity index is 483. The van der Waals surface area contributed by atoms with Crippen LogP contribution in [0.1, 0.15) is 12.5 Å². The van der Waals surface area contributed by atoms with Crippen LogP contribution < -0.4 is 0 Å². The van der Waals surface area contributed by atoms with E-state index in [9.17, 15) is 4.21 Å². The third-order valence-electron chi connectivity index (χ3n) is 1.84. The minimum absolute atomic E-state index is 0.237. The molecule has 0 bridgehead atoms. The normalized spacial score (nSPS) is 13.9. The first kappa shape index (κ1) is 12.0. The van der Waals surface area contributed by atoms with Crippen molar-refractivity contribution in [3.05, 3.63) is 29.0 Å². The molecule has 15 heavy (non-hydrogen) atoms. The summed E-state index contributed by atoms with van der Waals surface area (Å²) < 4.78 is 15.4. The Balaban J connectivity index is 2.96. The number of rotatable bonds is 3. The smallest absolute Gasteiger partial charge is 0.214 e. The summed E-state index contributed by atoms with van der Waals surface area (Å²) >= 11 is 5.62. The lowest BCUT2D eigenvalue weighted by Gasteiger charge is -2.04. The number of halogens is 1. The van der Waals surface area contributed by atoms with Gasteiger partial charge < -0.3 is 0 Å². The second kappa shape index (κ2) is 5.10. The number of pyridine rings is 1. The van der Waals surface area contributed by atoms with Crippen LogP contribution in [0.15, 0.2) is 22.7 Å². The van der Waals surface area contributed by atoms with E-state index in [4.69, 9.17) is 16.9 Å². The van der Waals surface area contributed by atoms with Crippen LogP contribution in [0.5, 0.6) is 0 Å². The van der Waals surface area contributed by atoms with E-state index in [0.717, 1.165) is 5.56 Å². The lowest BCUT2D eigenvalue weighted by atomic mass is 10.3. The van der Waals surface area contributed by atoms with Crippen LogP contribution in [-0.2, 0) is 15.5 Å². The first-order valence-electron chi connectivity index (χ1n) is 4.30. The lowest BCUT2D eigenvalue weighted by molar-refractivity contribution is 0.677. The second-order valence-electron chi connectivity index (χ2n) is 2.89. The molecule has 0 aliphatic heterocycles. The molecule has 0 saturated carbocycles. The summed E-state index contributed by atoms with van der Waals surface area (Å²) in [5.41, 5.74) is 0.769. The van der Waals surface area contributed by atoms with Gasteiger partial charge in [0, 0.05) is 11.9 Å². The SMILES string of the molecule is CCS(=O)(Cc1ccc(Cl)nc1)=NC#N. The summed E-state index contributed by atoms with van der Waals surface area (Å²) in [6, 6.07) is 3.36. The van der Waals surface area contributed by atoms with Crippen molar-refractivity contribution in [1.29, 1.82) is 5.26 Å². The molecule has 6 heteroatoms. The van der Waals surface area contributed by atoms with Gasteiger partial charge in [0.2, 0.25) is 6.19 Å². The van der Waals surface area contributed by atoms with Gasteiger partial charge in [-0.15, -0.1) is 4.36 Å². The van der Waals surface area contributed by atoms with Crippen molar-refractivity contribution in [2.45, 2.75) is 12.7 Å². The number of nitriles is 1. The monoisotopic (exact) mass is 243 g/mol. The van der Waals surface area contributed by atoms with E-state index in [-0.39, 0.29) is 5.75 Å². The maximum atomic E-state index is 12.0. The van der Waals surface area contributed by atoms with E-state index in [2.05, 4.69) is 9.35 Å². The summed E-state index contributed by atoms with van der Waals surface area (Å²) in [5, 5.41) is 8.81. The van der Waals surface area contributed by atoms with Crippen LogP contribution in [0, 0.1) is 11.5 Å². The van der Waals surface area contributed by atoms with Crippen molar-refractivity contribution in [3.8, 4) is 6.19 Å². The maximum absolute atomic E-state index is 12.0. The third kappa shape index (κ3) is 3.50. The van der Waals surface area contributed by atoms with Gasteiger partial charge in [0.1, 0.15) is 5.15 Å². The lowest BCUT2D eigenvalue weighted by Crippen LogP contribution is -2.06. The molecule has 1 aromatic rings. The summed E-state index contributed by atoms with van der Waals surface area (Å²) in [4.78, 5) is 3.87. The Morgan fingerprint density at radius 2 is 2.40 bits per heavy atom. The predicted octanol–water partition coefficient (Wildman–Crippen LogP) is 2.20. The minimum Gasteiger partial charge on any atom is -0.248 e. The zero-order valence-electron chi connectivity index (χ0n) is 8.18. The van der Waals surface area contributed by atoms with E-state index >= 15 is 0 Å². The Hall–Kier alpha value is -1.12. The Labute approximate surface area is 94.1 Å². The average molecular weight is 244 g/mol. The van der Waals surface area contributed by atoms with Crippen LogP contribution in [0.3, 0.4) is 0 Å². The fourth-order valence-electron chi connectivity index (χ4n) is 1.03. The molecule has 0 aliphatic rings. The molecule has 1 heterocycles. The molecule has 80 valence electrons. The highest BCUT2D eigenvalue weighted by Crippen LogP contribution is 2.10. The topological polar surface area (TPSA) is 66.1 Å². The summed E-state index contributed by atoms with van der Waals surface area (Å²) in [5.74, 6) is 0.588. The van der Waals surface area contributed by atoms with Crippen LogP contribution in [0.25, 0.3) is 0 Å². The van der Waals surface area contributed by atoms with E-state index in [1.165, 1.54) is 0 Å². The van der Waals surface area contributed by atoms with Crippen LogP contribution >= 0.6 is 11.6 Å². The van der Waals surface area contributed by atoms with Gasteiger partial charge in [-0.3, -0.25) is 0 Å². The molecule has 0 saturated heterocycles. The first-order valence-corrected chi connectivity index (χ1v) is 6.54. The Morgan fingerprint density at radius 1 is 1.67 bits per heavy atom.